The molecule has 0 spiro atoms. The van der Waals surface area contributed by atoms with Gasteiger partial charge in [-0.3, -0.25) is 0 Å². The molecule has 4 heteroatoms. The third-order valence-corrected chi connectivity index (χ3v) is 0. The molecule has 0 radical (unpaired) electrons. The molecular formula is H4In2OZn. The van der Waals surface area contributed by atoms with E-state index < -0.39 is 0 Å². The van der Waals surface area contributed by atoms with E-state index in [0.717, 1.165) is 0 Å². The summed E-state index contributed by atoms with van der Waals surface area (Å²) in [6.45, 7) is 0. The molecule has 0 fully saturated rings. The van der Waals surface area contributed by atoms with E-state index in [2.05, 4.69) is 0 Å². The molecule has 0 rings (SSSR count). The van der Waals surface area contributed by atoms with Crippen LogP contribution in [0.1, 0.15) is 0 Å². The summed E-state index contributed by atoms with van der Waals surface area (Å²) in [6, 6.07) is 0. The first-order valence-corrected chi connectivity index (χ1v) is 1.94. The summed E-state index contributed by atoms with van der Waals surface area (Å²) in [5, 5.41) is 0. The summed E-state index contributed by atoms with van der Waals surface area (Å²) < 4.78 is 8.42. The van der Waals surface area contributed by atoms with Crippen molar-refractivity contribution >= 4 is 50.2 Å². The molecule has 0 saturated heterocycles. The Bertz CT molecular complexity index is 6.00. The Morgan fingerprint density at radius 1 is 1.25 bits per heavy atom. The first-order chi connectivity index (χ1) is 1.00. The fourth-order valence-corrected chi connectivity index (χ4v) is 0. The van der Waals surface area contributed by atoms with Gasteiger partial charge in [0.05, 0.1) is 0 Å². The van der Waals surface area contributed by atoms with E-state index in [0.29, 0.717) is 0 Å². The molecule has 0 aliphatic carbocycles. The Balaban J connectivity index is -0.00000000500. The summed E-state index contributed by atoms with van der Waals surface area (Å²) in [5.74, 6) is 0. The maximum Gasteiger partial charge on any atom is 0 e. The maximum absolute atomic E-state index is 8.42. The van der Waals surface area contributed by atoms with Gasteiger partial charge in [-0.25, -0.2) is 0 Å². The first-order valence-electron chi connectivity index (χ1n) is 0.289. The van der Waals surface area contributed by atoms with Gasteiger partial charge in [0.1, 0.15) is 0 Å². The number of rotatable bonds is 0. The molecule has 0 aromatic rings. The van der Waals surface area contributed by atoms with Gasteiger partial charge in [0.25, 0.3) is 0 Å². The smallest absolute Gasteiger partial charge is 0 e. The Morgan fingerprint density at radius 2 is 1.25 bits per heavy atom. The van der Waals surface area contributed by atoms with Gasteiger partial charge in [-0.15, -0.1) is 0 Å². The Hall–Kier alpha value is 2.16. The van der Waals surface area contributed by atoms with Crippen LogP contribution in [0.4, 0.5) is 0 Å². The molecule has 0 aliphatic heterocycles. The summed E-state index contributed by atoms with van der Waals surface area (Å²) in [5.41, 5.74) is 0. The second-order valence-corrected chi connectivity index (χ2v) is 0. The van der Waals surface area contributed by atoms with Crippen molar-refractivity contribution in [3.05, 3.63) is 0 Å². The van der Waals surface area contributed by atoms with E-state index in [9.17, 15) is 0 Å². The second-order valence-electron chi connectivity index (χ2n) is 0. The van der Waals surface area contributed by atoms with Crippen LogP contribution < -0.4 is 0 Å². The monoisotopic (exact) mass is 314 g/mol. The predicted octanol–water partition coefficient (Wildman–Crippen LogP) is -1.95. The Kier molecular flexibility index (Phi) is 78.5. The normalized spacial score (nSPS) is 0.750. The van der Waals surface area contributed by atoms with Crippen LogP contribution in [0.3, 0.4) is 0 Å². The molecule has 0 amide bonds. The van der Waals surface area contributed by atoms with Gasteiger partial charge in [0.2, 0.25) is 0 Å². The van der Waals surface area contributed by atoms with E-state index in [1.807, 2.05) is 0 Å². The third kappa shape index (κ3) is 8.90. The van der Waals surface area contributed by atoms with Gasteiger partial charge in [-0.1, -0.05) is 0 Å². The van der Waals surface area contributed by atoms with Crippen LogP contribution in [0.2, 0.25) is 0 Å². The van der Waals surface area contributed by atoms with Crippen molar-refractivity contribution in [2.45, 2.75) is 0 Å². The van der Waals surface area contributed by atoms with E-state index in [4.69, 9.17) is 2.85 Å². The standard InChI is InChI=1S/2In.O.Zn.4H. The third-order valence-electron chi connectivity index (χ3n) is 0. The zero-order valence-electron chi connectivity index (χ0n) is 1.82. The minimum Gasteiger partial charge on any atom is 0 e. The molecule has 18 valence electrons. The summed E-state index contributed by atoms with van der Waals surface area (Å²) >= 11 is -0.1000. The van der Waals surface area contributed by atoms with Gasteiger partial charge in [0, 0.05) is 19.5 Å². The molecule has 0 aromatic heterocycles. The quantitative estimate of drug-likeness (QED) is 0.475. The van der Waals surface area contributed by atoms with Crippen LogP contribution in [0, 0.1) is 0 Å². The molecule has 0 aromatic carbocycles. The average Bonchev–Trinajstić information content (AvgIpc) is 1.00. The van der Waals surface area contributed by atoms with Crippen molar-refractivity contribution in [3.8, 4) is 0 Å². The average molecular weight is 315 g/mol. The minimum absolute atomic E-state index is 0. The van der Waals surface area contributed by atoms with Crippen LogP contribution in [0.25, 0.3) is 0 Å². The Labute approximate surface area is 71.5 Å². The molecular weight excluding hydrogens is 311 g/mol. The predicted molar refractivity (Wildman–Crippen MR) is 17.8 cm³/mol. The van der Waals surface area contributed by atoms with Crippen LogP contribution in [-0.2, 0) is 22.3 Å². The van der Waals surface area contributed by atoms with Crippen molar-refractivity contribution in [1.29, 1.82) is 0 Å². The summed E-state index contributed by atoms with van der Waals surface area (Å²) in [7, 11) is 0. The molecule has 0 atom stereocenters. The molecule has 0 bridgehead atoms. The van der Waals surface area contributed by atoms with E-state index >= 15 is 0 Å². The molecule has 0 heterocycles. The Morgan fingerprint density at radius 3 is 1.25 bits per heavy atom. The second kappa shape index (κ2) is 19.1. The maximum atomic E-state index is 8.42. The molecule has 1 nitrogen and oxygen atoms in total. The van der Waals surface area contributed by atoms with Crippen LogP contribution >= 0.6 is 0 Å². The van der Waals surface area contributed by atoms with Crippen molar-refractivity contribution in [2.24, 2.45) is 0 Å². The largest absolute Gasteiger partial charge is 0 e. The summed E-state index contributed by atoms with van der Waals surface area (Å²) in [4.78, 5) is 0. The van der Waals surface area contributed by atoms with E-state index in [-0.39, 0.29) is 69.7 Å². The van der Waals surface area contributed by atoms with Gasteiger partial charge < -0.3 is 0 Å². The van der Waals surface area contributed by atoms with E-state index in [1.165, 1.54) is 0 Å². The van der Waals surface area contributed by atoms with Gasteiger partial charge in [-0.2, -0.15) is 0 Å². The first kappa shape index (κ1) is 16.4. The molecule has 0 N–H and O–H groups in total. The molecule has 0 unspecified atom stereocenters. The number of hydrogen-bond donors (Lipinski definition) is 0. The van der Waals surface area contributed by atoms with Gasteiger partial charge in [0.15, 0.2) is 0 Å². The fourth-order valence-electron chi connectivity index (χ4n) is 0. The number of hydrogen-bond acceptors (Lipinski definition) is 1. The van der Waals surface area contributed by atoms with Crippen molar-refractivity contribution in [1.82, 2.24) is 0 Å². The van der Waals surface area contributed by atoms with Gasteiger partial charge in [-0.05, 0) is 0 Å². The zero-order valence-corrected chi connectivity index (χ0v) is 8.83. The van der Waals surface area contributed by atoms with Crippen LogP contribution in [0.5, 0.6) is 0 Å². The van der Waals surface area contributed by atoms with Crippen molar-refractivity contribution in [3.63, 3.8) is 0 Å². The SMILES string of the molecule is [InH3].[O]=[InH].[Zn]. The minimum atomic E-state index is -0.1000. The molecule has 0 saturated carbocycles. The summed E-state index contributed by atoms with van der Waals surface area (Å²) in [6.07, 6.45) is 0. The van der Waals surface area contributed by atoms with Gasteiger partial charge >= 0.3 is 53.1 Å². The zero-order chi connectivity index (χ0) is 2.00. The molecule has 4 heavy (non-hydrogen) atoms. The topological polar surface area (TPSA) is 17.1 Å². The molecule has 0 aliphatic rings. The van der Waals surface area contributed by atoms with Crippen molar-refractivity contribution < 1.29 is 22.3 Å². The van der Waals surface area contributed by atoms with Crippen LogP contribution in [-0.4, -0.2) is 50.2 Å². The van der Waals surface area contributed by atoms with Crippen molar-refractivity contribution in [2.75, 3.05) is 0 Å². The van der Waals surface area contributed by atoms with E-state index in [1.54, 1.807) is 0 Å². The fraction of sp³-hybridized carbons (Fsp3) is 0. The van der Waals surface area contributed by atoms with Crippen LogP contribution in [0.15, 0.2) is 0 Å².